The highest BCUT2D eigenvalue weighted by Gasteiger charge is 2.15. The Hall–Kier alpha value is -2.33. The molecule has 0 aliphatic carbocycles. The van der Waals surface area contributed by atoms with Crippen molar-refractivity contribution in [1.29, 1.82) is 0 Å². The molecule has 1 unspecified atom stereocenters. The lowest BCUT2D eigenvalue weighted by Gasteiger charge is -2.13. The Morgan fingerprint density at radius 3 is 2.67 bits per heavy atom. The summed E-state index contributed by atoms with van der Waals surface area (Å²) in [5.74, 6) is 0.447. The van der Waals surface area contributed by atoms with Crippen molar-refractivity contribution >= 4 is 11.6 Å². The molecule has 21 heavy (non-hydrogen) atoms. The van der Waals surface area contributed by atoms with Crippen molar-refractivity contribution in [2.24, 2.45) is 5.73 Å². The molecular formula is C17H20N2O2. The predicted molar refractivity (Wildman–Crippen MR) is 84.5 cm³/mol. The molecular weight excluding hydrogens is 264 g/mol. The van der Waals surface area contributed by atoms with E-state index in [1.165, 1.54) is 0 Å². The molecule has 2 aromatic carbocycles. The maximum absolute atomic E-state index is 12.3. The van der Waals surface area contributed by atoms with E-state index in [1.54, 1.807) is 6.07 Å². The van der Waals surface area contributed by atoms with Gasteiger partial charge in [-0.3, -0.25) is 4.79 Å². The van der Waals surface area contributed by atoms with Crippen LogP contribution in [0, 0.1) is 0 Å². The lowest BCUT2D eigenvalue weighted by molar-refractivity contribution is -0.117. The van der Waals surface area contributed by atoms with Crippen molar-refractivity contribution in [2.45, 2.75) is 12.8 Å². The van der Waals surface area contributed by atoms with Gasteiger partial charge < -0.3 is 15.8 Å². The van der Waals surface area contributed by atoms with Gasteiger partial charge in [-0.25, -0.2) is 0 Å². The highest BCUT2D eigenvalue weighted by Crippen LogP contribution is 2.20. The minimum atomic E-state index is -0.209. The fraction of sp³-hybridized carbons (Fsp3) is 0.235. The second-order valence-corrected chi connectivity index (χ2v) is 4.79. The quantitative estimate of drug-likeness (QED) is 0.857. The minimum absolute atomic E-state index is 0.0443. The van der Waals surface area contributed by atoms with Gasteiger partial charge in [0.2, 0.25) is 5.91 Å². The first-order valence-electron chi connectivity index (χ1n) is 6.99. The van der Waals surface area contributed by atoms with Crippen molar-refractivity contribution in [3.05, 3.63) is 60.2 Å². The Balaban J connectivity index is 2.02. The summed E-state index contributed by atoms with van der Waals surface area (Å²) >= 11 is 0. The van der Waals surface area contributed by atoms with Gasteiger partial charge in [-0.2, -0.15) is 0 Å². The highest BCUT2D eigenvalue weighted by molar-refractivity contribution is 5.95. The molecule has 0 spiro atoms. The summed E-state index contributed by atoms with van der Waals surface area (Å²) in [6.45, 7) is 2.80. The van der Waals surface area contributed by atoms with Gasteiger partial charge in [0.1, 0.15) is 12.4 Å². The molecule has 0 aliphatic heterocycles. The van der Waals surface area contributed by atoms with E-state index < -0.39 is 0 Å². The Morgan fingerprint density at radius 2 is 1.95 bits per heavy atom. The molecule has 0 radical (unpaired) electrons. The average molecular weight is 284 g/mol. The lowest BCUT2D eigenvalue weighted by Crippen LogP contribution is -2.18. The molecule has 2 aromatic rings. The number of hydrogen-bond acceptors (Lipinski definition) is 3. The van der Waals surface area contributed by atoms with Crippen molar-refractivity contribution in [3.63, 3.8) is 0 Å². The van der Waals surface area contributed by atoms with Gasteiger partial charge in [0.15, 0.2) is 0 Å². The summed E-state index contributed by atoms with van der Waals surface area (Å²) in [4.78, 5) is 12.3. The predicted octanol–water partition coefficient (Wildman–Crippen LogP) is 2.77. The van der Waals surface area contributed by atoms with Crippen molar-refractivity contribution < 1.29 is 9.53 Å². The molecule has 4 nitrogen and oxygen atoms in total. The van der Waals surface area contributed by atoms with E-state index in [0.29, 0.717) is 18.9 Å². The van der Waals surface area contributed by atoms with E-state index in [1.807, 2.05) is 55.5 Å². The number of nitrogens with one attached hydrogen (secondary N) is 1. The number of anilines is 1. The first kappa shape index (κ1) is 15.1. The van der Waals surface area contributed by atoms with E-state index in [0.717, 1.165) is 11.3 Å². The van der Waals surface area contributed by atoms with Crippen LogP contribution in [0.1, 0.15) is 18.4 Å². The lowest BCUT2D eigenvalue weighted by atomic mass is 10.0. The SMILES string of the molecule is CC(C(=O)Nc1cccc(OCCN)c1)c1ccccc1. The first-order chi connectivity index (χ1) is 10.2. The van der Waals surface area contributed by atoms with Crippen LogP contribution in [0.2, 0.25) is 0 Å². The van der Waals surface area contributed by atoms with Crippen molar-refractivity contribution in [3.8, 4) is 5.75 Å². The summed E-state index contributed by atoms with van der Waals surface area (Å²) in [7, 11) is 0. The van der Waals surface area contributed by atoms with Crippen LogP contribution < -0.4 is 15.8 Å². The van der Waals surface area contributed by atoms with E-state index in [9.17, 15) is 4.79 Å². The van der Waals surface area contributed by atoms with Gasteiger partial charge in [-0.15, -0.1) is 0 Å². The Bertz CT molecular complexity index is 584. The first-order valence-corrected chi connectivity index (χ1v) is 6.99. The number of carbonyl (C=O) groups excluding carboxylic acids is 1. The van der Waals surface area contributed by atoms with Crippen LogP contribution in [0.4, 0.5) is 5.69 Å². The molecule has 4 heteroatoms. The van der Waals surface area contributed by atoms with E-state index >= 15 is 0 Å². The fourth-order valence-corrected chi connectivity index (χ4v) is 1.98. The molecule has 2 rings (SSSR count). The number of amides is 1. The second kappa shape index (κ2) is 7.45. The van der Waals surface area contributed by atoms with Crippen molar-refractivity contribution in [1.82, 2.24) is 0 Å². The number of hydrogen-bond donors (Lipinski definition) is 2. The van der Waals surface area contributed by atoms with Gasteiger partial charge in [0, 0.05) is 18.3 Å². The van der Waals surface area contributed by atoms with E-state index in [-0.39, 0.29) is 11.8 Å². The average Bonchev–Trinajstić information content (AvgIpc) is 2.53. The third-order valence-electron chi connectivity index (χ3n) is 3.18. The van der Waals surface area contributed by atoms with Crippen LogP contribution in [0.15, 0.2) is 54.6 Å². The van der Waals surface area contributed by atoms with Gasteiger partial charge in [0.05, 0.1) is 5.92 Å². The highest BCUT2D eigenvalue weighted by atomic mass is 16.5. The van der Waals surface area contributed by atoms with Crippen LogP contribution in [0.25, 0.3) is 0 Å². The zero-order chi connectivity index (χ0) is 15.1. The number of benzene rings is 2. The molecule has 0 heterocycles. The Morgan fingerprint density at radius 1 is 1.19 bits per heavy atom. The molecule has 0 saturated heterocycles. The third kappa shape index (κ3) is 4.33. The molecule has 0 fully saturated rings. The van der Waals surface area contributed by atoms with E-state index in [2.05, 4.69) is 5.32 Å². The molecule has 1 atom stereocenters. The molecule has 0 aromatic heterocycles. The van der Waals surface area contributed by atoms with Gasteiger partial charge >= 0.3 is 0 Å². The number of nitrogens with two attached hydrogens (primary N) is 1. The zero-order valence-corrected chi connectivity index (χ0v) is 12.1. The second-order valence-electron chi connectivity index (χ2n) is 4.79. The van der Waals surface area contributed by atoms with Gasteiger partial charge in [0.25, 0.3) is 0 Å². The molecule has 1 amide bonds. The molecule has 3 N–H and O–H groups in total. The summed E-state index contributed by atoms with van der Waals surface area (Å²) in [5, 5.41) is 2.91. The smallest absolute Gasteiger partial charge is 0.231 e. The minimum Gasteiger partial charge on any atom is -0.492 e. The summed E-state index contributed by atoms with van der Waals surface area (Å²) in [6.07, 6.45) is 0. The van der Waals surface area contributed by atoms with Crippen LogP contribution in [-0.2, 0) is 4.79 Å². The largest absolute Gasteiger partial charge is 0.492 e. The summed E-state index contributed by atoms with van der Waals surface area (Å²) in [6, 6.07) is 17.0. The van der Waals surface area contributed by atoms with Crippen LogP contribution >= 0.6 is 0 Å². The Labute approximate surface area is 124 Å². The van der Waals surface area contributed by atoms with Crippen LogP contribution in [0.5, 0.6) is 5.75 Å². The molecule has 110 valence electrons. The summed E-state index contributed by atoms with van der Waals surface area (Å²) < 4.78 is 5.45. The van der Waals surface area contributed by atoms with Crippen molar-refractivity contribution in [2.75, 3.05) is 18.5 Å². The monoisotopic (exact) mass is 284 g/mol. The van der Waals surface area contributed by atoms with Crippen LogP contribution in [0.3, 0.4) is 0 Å². The molecule has 0 bridgehead atoms. The van der Waals surface area contributed by atoms with Gasteiger partial charge in [-0.05, 0) is 24.6 Å². The standard InChI is InChI=1S/C17H20N2O2/c1-13(14-6-3-2-4-7-14)17(20)19-15-8-5-9-16(12-15)21-11-10-18/h2-9,12-13H,10-11,18H2,1H3,(H,19,20). The molecule has 0 aliphatic rings. The number of ether oxygens (including phenoxy) is 1. The Kier molecular flexibility index (Phi) is 5.35. The summed E-state index contributed by atoms with van der Waals surface area (Å²) in [5.41, 5.74) is 7.12. The number of rotatable bonds is 6. The number of carbonyl (C=O) groups is 1. The van der Waals surface area contributed by atoms with Crippen LogP contribution in [-0.4, -0.2) is 19.1 Å². The fourth-order valence-electron chi connectivity index (χ4n) is 1.98. The van der Waals surface area contributed by atoms with E-state index in [4.69, 9.17) is 10.5 Å². The van der Waals surface area contributed by atoms with Gasteiger partial charge in [-0.1, -0.05) is 36.4 Å². The zero-order valence-electron chi connectivity index (χ0n) is 12.1. The molecule has 0 saturated carbocycles. The maximum atomic E-state index is 12.3. The third-order valence-corrected chi connectivity index (χ3v) is 3.18. The maximum Gasteiger partial charge on any atom is 0.231 e. The topological polar surface area (TPSA) is 64.3 Å². The normalized spacial score (nSPS) is 11.7.